The monoisotopic (exact) mass is 432 g/mol. The highest BCUT2D eigenvalue weighted by atomic mass is 32.1. The molecular weight excluding hydrogens is 404 g/mol. The van der Waals surface area contributed by atoms with Gasteiger partial charge in [-0.3, -0.25) is 14.4 Å². The molecule has 1 aromatic heterocycles. The normalized spacial score (nSPS) is 30.2. The van der Waals surface area contributed by atoms with Crippen molar-refractivity contribution in [2.24, 2.45) is 11.8 Å². The summed E-state index contributed by atoms with van der Waals surface area (Å²) in [6, 6.07) is 0. The van der Waals surface area contributed by atoms with Crippen LogP contribution in [0.15, 0.2) is 0 Å². The number of ether oxygens (including phenoxy) is 1. The first kappa shape index (κ1) is 20.0. The average molecular weight is 433 g/mol. The van der Waals surface area contributed by atoms with Gasteiger partial charge in [-0.1, -0.05) is 0 Å². The van der Waals surface area contributed by atoms with Crippen LogP contribution in [0.5, 0.6) is 0 Å². The first-order valence-electron chi connectivity index (χ1n) is 11.2. The number of aliphatic carboxylic acids is 1. The van der Waals surface area contributed by atoms with E-state index in [1.165, 1.54) is 16.2 Å². The second-order valence-corrected chi connectivity index (χ2v) is 10.0. The van der Waals surface area contributed by atoms with Crippen molar-refractivity contribution in [3.8, 4) is 0 Å². The van der Waals surface area contributed by atoms with E-state index in [9.17, 15) is 19.5 Å². The lowest BCUT2D eigenvalue weighted by Gasteiger charge is -2.28. The number of nitrogens with one attached hydrogen (secondary N) is 1. The second kappa shape index (κ2) is 7.96. The van der Waals surface area contributed by atoms with Gasteiger partial charge in [0.2, 0.25) is 5.91 Å². The number of likely N-dealkylation sites (tertiary alicyclic amines) is 1. The molecule has 4 heterocycles. The van der Waals surface area contributed by atoms with E-state index in [0.717, 1.165) is 63.6 Å². The third kappa shape index (κ3) is 3.34. The predicted octanol–water partition coefficient (Wildman–Crippen LogP) is 3.07. The molecule has 0 aromatic carbocycles. The van der Waals surface area contributed by atoms with Crippen molar-refractivity contribution < 1.29 is 24.2 Å². The van der Waals surface area contributed by atoms with Gasteiger partial charge in [0.15, 0.2) is 0 Å². The molecule has 4 atom stereocenters. The number of thiophene rings is 1. The van der Waals surface area contributed by atoms with Crippen molar-refractivity contribution in [1.29, 1.82) is 0 Å². The van der Waals surface area contributed by atoms with Crippen molar-refractivity contribution in [1.82, 2.24) is 4.90 Å². The smallest absolute Gasteiger partial charge is 0.310 e. The topological polar surface area (TPSA) is 95.9 Å². The number of anilines is 1. The van der Waals surface area contributed by atoms with Crippen molar-refractivity contribution in [3.05, 3.63) is 16.0 Å². The molecule has 0 unspecified atom stereocenters. The lowest BCUT2D eigenvalue weighted by atomic mass is 9.78. The molecule has 0 radical (unpaired) electrons. The summed E-state index contributed by atoms with van der Waals surface area (Å²) >= 11 is 1.50. The molecule has 30 heavy (non-hydrogen) atoms. The third-order valence-electron chi connectivity index (χ3n) is 7.13. The van der Waals surface area contributed by atoms with Crippen molar-refractivity contribution in [2.45, 2.75) is 70.0 Å². The number of hydrogen-bond acceptors (Lipinski definition) is 5. The van der Waals surface area contributed by atoms with Crippen LogP contribution in [0.25, 0.3) is 0 Å². The maximum atomic E-state index is 13.4. The summed E-state index contributed by atoms with van der Waals surface area (Å²) in [4.78, 5) is 41.5. The molecule has 3 fully saturated rings. The van der Waals surface area contributed by atoms with E-state index in [2.05, 4.69) is 5.32 Å². The fourth-order valence-electron chi connectivity index (χ4n) is 5.66. The molecular formula is C22H28N2O5S. The lowest BCUT2D eigenvalue weighted by Crippen LogP contribution is -2.41. The number of amides is 2. The van der Waals surface area contributed by atoms with E-state index in [-0.39, 0.29) is 24.0 Å². The summed E-state index contributed by atoms with van der Waals surface area (Å²) in [5.41, 5.74) is 1.75. The van der Waals surface area contributed by atoms with Gasteiger partial charge in [0.25, 0.3) is 5.91 Å². The highest BCUT2D eigenvalue weighted by Crippen LogP contribution is 2.45. The Balaban J connectivity index is 1.44. The van der Waals surface area contributed by atoms with E-state index in [1.54, 1.807) is 0 Å². The largest absolute Gasteiger partial charge is 0.481 e. The molecule has 8 heteroatoms. The fraction of sp³-hybridized carbons (Fsp3) is 0.682. The van der Waals surface area contributed by atoms with E-state index in [4.69, 9.17) is 4.74 Å². The number of carboxylic acids is 1. The zero-order valence-electron chi connectivity index (χ0n) is 17.0. The lowest BCUT2D eigenvalue weighted by molar-refractivity contribution is -0.147. The van der Waals surface area contributed by atoms with Crippen molar-refractivity contribution >= 4 is 34.1 Å². The predicted molar refractivity (Wildman–Crippen MR) is 112 cm³/mol. The number of hydrogen-bond donors (Lipinski definition) is 2. The Morgan fingerprint density at radius 1 is 0.967 bits per heavy atom. The van der Waals surface area contributed by atoms with Gasteiger partial charge in [-0.2, -0.15) is 0 Å². The van der Waals surface area contributed by atoms with Gasteiger partial charge in [0.05, 0.1) is 29.6 Å². The Hall–Kier alpha value is -1.93. The molecule has 5 rings (SSSR count). The summed E-state index contributed by atoms with van der Waals surface area (Å²) in [6.45, 7) is 1.52. The molecule has 2 bridgehead atoms. The summed E-state index contributed by atoms with van der Waals surface area (Å²) in [5, 5.41) is 13.2. The molecule has 0 spiro atoms. The first-order valence-corrected chi connectivity index (χ1v) is 12.0. The standard InChI is InChI=1S/C22H28N2O5S/c25-19(17-13-8-9-14(29-13)18(17)22(27)28)23-20-16(12-6-2-3-7-15(12)30-20)21(26)24-10-4-1-5-11-24/h13-14,17-18H,1-11H2,(H,23,25)(H,27,28)/t13-,14+,17-,18+/m1/s1. The maximum absolute atomic E-state index is 13.4. The number of carboxylic acid groups (broad SMARTS) is 1. The minimum absolute atomic E-state index is 0.0170. The molecule has 2 amide bonds. The number of carbonyl (C=O) groups excluding carboxylic acids is 2. The molecule has 3 aliphatic heterocycles. The summed E-state index contributed by atoms with van der Waals surface area (Å²) in [6.07, 6.45) is 7.82. The van der Waals surface area contributed by atoms with Gasteiger partial charge in [0.1, 0.15) is 5.00 Å². The van der Waals surface area contributed by atoms with Crippen LogP contribution in [0.4, 0.5) is 5.00 Å². The van der Waals surface area contributed by atoms with Gasteiger partial charge in [-0.15, -0.1) is 11.3 Å². The van der Waals surface area contributed by atoms with Crippen LogP contribution in [0.2, 0.25) is 0 Å². The second-order valence-electron chi connectivity index (χ2n) is 8.94. The zero-order valence-corrected chi connectivity index (χ0v) is 17.8. The molecule has 0 saturated carbocycles. The molecule has 7 nitrogen and oxygen atoms in total. The highest BCUT2D eigenvalue weighted by molar-refractivity contribution is 7.17. The van der Waals surface area contributed by atoms with Crippen LogP contribution < -0.4 is 5.32 Å². The van der Waals surface area contributed by atoms with Gasteiger partial charge in [0, 0.05) is 18.0 Å². The van der Waals surface area contributed by atoms with E-state index < -0.39 is 17.8 Å². The number of piperidine rings is 1. The zero-order chi connectivity index (χ0) is 20.8. The fourth-order valence-corrected chi connectivity index (χ4v) is 6.94. The number of aryl methyl sites for hydroxylation is 1. The first-order chi connectivity index (χ1) is 14.5. The Bertz CT molecular complexity index is 875. The average Bonchev–Trinajstić information content (AvgIpc) is 3.46. The number of fused-ring (bicyclic) bond motifs is 3. The minimum atomic E-state index is -0.975. The third-order valence-corrected chi connectivity index (χ3v) is 8.33. The van der Waals surface area contributed by atoms with Gasteiger partial charge in [-0.05, 0) is 63.4 Å². The molecule has 2 N–H and O–H groups in total. The van der Waals surface area contributed by atoms with Crippen molar-refractivity contribution in [3.63, 3.8) is 0 Å². The maximum Gasteiger partial charge on any atom is 0.310 e. The van der Waals surface area contributed by atoms with Crippen LogP contribution in [0.3, 0.4) is 0 Å². The number of nitrogens with zero attached hydrogens (tertiary/aromatic N) is 1. The SMILES string of the molecule is O=C(O)[C@@H]1[C@H](C(=O)Nc2sc3c(c2C(=O)N2CCCCC2)CCCC3)[C@H]2CC[C@@H]1O2. The molecule has 1 aromatic rings. The van der Waals surface area contributed by atoms with Crippen LogP contribution in [-0.2, 0) is 27.2 Å². The summed E-state index contributed by atoms with van der Waals surface area (Å²) in [7, 11) is 0. The summed E-state index contributed by atoms with van der Waals surface area (Å²) < 4.78 is 5.76. The highest BCUT2D eigenvalue weighted by Gasteiger charge is 2.55. The van der Waals surface area contributed by atoms with Crippen molar-refractivity contribution in [2.75, 3.05) is 18.4 Å². The number of rotatable bonds is 4. The van der Waals surface area contributed by atoms with Crippen LogP contribution in [-0.4, -0.2) is 53.1 Å². The van der Waals surface area contributed by atoms with Crippen LogP contribution >= 0.6 is 11.3 Å². The summed E-state index contributed by atoms with van der Waals surface area (Å²) in [5.74, 6) is -2.78. The van der Waals surface area contributed by atoms with Gasteiger partial charge in [-0.25, -0.2) is 0 Å². The molecule has 162 valence electrons. The van der Waals surface area contributed by atoms with E-state index in [1.807, 2.05) is 4.90 Å². The Morgan fingerprint density at radius 2 is 1.67 bits per heavy atom. The van der Waals surface area contributed by atoms with Crippen LogP contribution in [0.1, 0.15) is 65.7 Å². The van der Waals surface area contributed by atoms with E-state index in [0.29, 0.717) is 23.4 Å². The molecule has 1 aliphatic carbocycles. The van der Waals surface area contributed by atoms with Crippen LogP contribution in [0, 0.1) is 11.8 Å². The Kier molecular flexibility index (Phi) is 5.31. The van der Waals surface area contributed by atoms with Gasteiger partial charge < -0.3 is 20.1 Å². The quantitative estimate of drug-likeness (QED) is 0.762. The Labute approximate surface area is 179 Å². The van der Waals surface area contributed by atoms with E-state index >= 15 is 0 Å². The number of carbonyl (C=O) groups is 3. The minimum Gasteiger partial charge on any atom is -0.481 e. The Morgan fingerprint density at radius 3 is 2.40 bits per heavy atom. The molecule has 3 saturated heterocycles. The molecule has 4 aliphatic rings. The van der Waals surface area contributed by atoms with Gasteiger partial charge >= 0.3 is 5.97 Å².